The molecular formula is C16H12F2N2OS. The molecule has 0 atom stereocenters. The Morgan fingerprint density at radius 3 is 2.64 bits per heavy atom. The number of nitrogens with zero attached hydrogens (tertiary/aromatic N) is 1. The monoisotopic (exact) mass is 318 g/mol. The van der Waals surface area contributed by atoms with Gasteiger partial charge >= 0.3 is 0 Å². The van der Waals surface area contributed by atoms with Gasteiger partial charge in [-0.1, -0.05) is 42.1 Å². The Labute approximate surface area is 130 Å². The summed E-state index contributed by atoms with van der Waals surface area (Å²) in [4.78, 5) is 16.5. The maximum Gasteiger partial charge on any atom is 0.288 e. The highest BCUT2D eigenvalue weighted by molar-refractivity contribution is 7.99. The van der Waals surface area contributed by atoms with Crippen LogP contribution in [0.3, 0.4) is 0 Å². The number of fused-ring (bicyclic) bond motifs is 1. The molecule has 1 N–H and O–H groups in total. The summed E-state index contributed by atoms with van der Waals surface area (Å²) >= 11 is 0.475. The molecule has 3 rings (SSSR count). The van der Waals surface area contributed by atoms with Gasteiger partial charge in [-0.05, 0) is 18.2 Å². The number of thioether (sulfide) groups is 1. The zero-order chi connectivity index (χ0) is 15.5. The number of nitrogens with one attached hydrogen (secondary N) is 1. The standard InChI is InChI=1S/C16H12F2N2OS/c17-16(18)22-11-6-7-13-12(8-11)15(19-9-14(21)20-13)10-4-2-1-3-5-10/h1-8,16H,9H2,(H,20,21). The lowest BCUT2D eigenvalue weighted by Crippen LogP contribution is -2.13. The number of alkyl halides is 2. The number of anilines is 1. The molecule has 0 spiro atoms. The van der Waals surface area contributed by atoms with E-state index in [4.69, 9.17) is 0 Å². The summed E-state index contributed by atoms with van der Waals surface area (Å²) in [5, 5.41) is 2.75. The van der Waals surface area contributed by atoms with E-state index < -0.39 is 5.76 Å². The lowest BCUT2D eigenvalue weighted by atomic mass is 10.0. The minimum atomic E-state index is -2.49. The molecule has 0 bridgehead atoms. The van der Waals surface area contributed by atoms with Gasteiger partial charge in [0.05, 0.1) is 11.4 Å². The fourth-order valence-corrected chi connectivity index (χ4v) is 2.81. The van der Waals surface area contributed by atoms with Crippen molar-refractivity contribution in [1.29, 1.82) is 0 Å². The molecule has 2 aromatic rings. The largest absolute Gasteiger partial charge is 0.324 e. The maximum absolute atomic E-state index is 12.6. The predicted molar refractivity (Wildman–Crippen MR) is 83.9 cm³/mol. The first-order valence-electron chi connectivity index (χ1n) is 6.62. The molecule has 3 nitrogen and oxygen atoms in total. The number of hydrogen-bond acceptors (Lipinski definition) is 3. The summed E-state index contributed by atoms with van der Waals surface area (Å²) in [5.74, 6) is -2.71. The van der Waals surface area contributed by atoms with Crippen molar-refractivity contribution in [2.24, 2.45) is 4.99 Å². The molecule has 0 saturated carbocycles. The van der Waals surface area contributed by atoms with Crippen LogP contribution in [0.2, 0.25) is 0 Å². The highest BCUT2D eigenvalue weighted by atomic mass is 32.2. The van der Waals surface area contributed by atoms with Gasteiger partial charge in [0.1, 0.15) is 6.54 Å². The third-order valence-corrected chi connectivity index (χ3v) is 3.88. The van der Waals surface area contributed by atoms with Crippen LogP contribution in [0, 0.1) is 0 Å². The fourth-order valence-electron chi connectivity index (χ4n) is 2.27. The van der Waals surface area contributed by atoms with Crippen LogP contribution in [0.15, 0.2) is 58.4 Å². The van der Waals surface area contributed by atoms with Crippen LogP contribution in [0.5, 0.6) is 0 Å². The molecule has 0 fully saturated rings. The van der Waals surface area contributed by atoms with Crippen molar-refractivity contribution in [3.63, 3.8) is 0 Å². The normalized spacial score (nSPS) is 14.1. The van der Waals surface area contributed by atoms with Crippen LogP contribution in [-0.4, -0.2) is 23.9 Å². The van der Waals surface area contributed by atoms with Gasteiger partial charge in [-0.2, -0.15) is 8.78 Å². The van der Waals surface area contributed by atoms with E-state index in [9.17, 15) is 13.6 Å². The third kappa shape index (κ3) is 3.17. The van der Waals surface area contributed by atoms with Gasteiger partial charge in [-0.3, -0.25) is 9.79 Å². The number of aliphatic imine (C=N–C) groups is 1. The van der Waals surface area contributed by atoms with Crippen LogP contribution in [-0.2, 0) is 4.79 Å². The number of benzodiazepines with no additional fused rings is 1. The third-order valence-electron chi connectivity index (χ3n) is 3.17. The van der Waals surface area contributed by atoms with Gasteiger partial charge in [0.25, 0.3) is 5.76 Å². The van der Waals surface area contributed by atoms with Gasteiger partial charge in [0.2, 0.25) is 5.91 Å². The second-order valence-corrected chi connectivity index (χ2v) is 5.73. The Morgan fingerprint density at radius 2 is 1.91 bits per heavy atom. The maximum atomic E-state index is 12.6. The van der Waals surface area contributed by atoms with Crippen LogP contribution < -0.4 is 5.32 Å². The first kappa shape index (κ1) is 14.7. The smallest absolute Gasteiger partial charge is 0.288 e. The van der Waals surface area contributed by atoms with E-state index in [-0.39, 0.29) is 12.5 Å². The highest BCUT2D eigenvalue weighted by Crippen LogP contribution is 2.31. The molecule has 1 aliphatic rings. The van der Waals surface area contributed by atoms with E-state index in [1.807, 2.05) is 30.3 Å². The van der Waals surface area contributed by atoms with Crippen molar-refractivity contribution in [2.45, 2.75) is 10.7 Å². The predicted octanol–water partition coefficient (Wildman–Crippen LogP) is 3.79. The number of rotatable bonds is 3. The molecule has 1 amide bonds. The summed E-state index contributed by atoms with van der Waals surface area (Å²) < 4.78 is 25.2. The van der Waals surface area contributed by atoms with Gasteiger partial charge in [-0.15, -0.1) is 0 Å². The quantitative estimate of drug-likeness (QED) is 0.875. The van der Waals surface area contributed by atoms with E-state index >= 15 is 0 Å². The molecule has 2 aromatic carbocycles. The number of hydrogen-bond donors (Lipinski definition) is 1. The number of carbonyl (C=O) groups excluding carboxylic acids is 1. The molecule has 1 aliphatic heterocycles. The fraction of sp³-hybridized carbons (Fsp3) is 0.125. The van der Waals surface area contributed by atoms with Gasteiger partial charge in [0.15, 0.2) is 0 Å². The minimum absolute atomic E-state index is 0.0101. The zero-order valence-electron chi connectivity index (χ0n) is 11.4. The Bertz CT molecular complexity index is 732. The number of halogens is 2. The Kier molecular flexibility index (Phi) is 4.20. The van der Waals surface area contributed by atoms with E-state index in [0.29, 0.717) is 33.6 Å². The molecule has 6 heteroatoms. The molecule has 0 aromatic heterocycles. The molecule has 22 heavy (non-hydrogen) atoms. The number of benzene rings is 2. The van der Waals surface area contributed by atoms with Crippen molar-refractivity contribution in [3.05, 3.63) is 59.7 Å². The summed E-state index contributed by atoms with van der Waals surface area (Å²) in [5.41, 5.74) is 2.72. The van der Waals surface area contributed by atoms with Crippen LogP contribution in [0.4, 0.5) is 14.5 Å². The van der Waals surface area contributed by atoms with Crippen molar-refractivity contribution in [3.8, 4) is 0 Å². The van der Waals surface area contributed by atoms with Crippen molar-refractivity contribution < 1.29 is 13.6 Å². The Balaban J connectivity index is 2.10. The molecular weight excluding hydrogens is 306 g/mol. The Hall–Kier alpha value is -2.21. The lowest BCUT2D eigenvalue weighted by molar-refractivity contribution is -0.114. The second-order valence-electron chi connectivity index (χ2n) is 4.66. The van der Waals surface area contributed by atoms with E-state index in [0.717, 1.165) is 5.56 Å². The second kappa shape index (κ2) is 6.27. The minimum Gasteiger partial charge on any atom is -0.324 e. The number of amides is 1. The summed E-state index contributed by atoms with van der Waals surface area (Å²) in [6, 6.07) is 14.2. The van der Waals surface area contributed by atoms with Crippen molar-refractivity contribution in [1.82, 2.24) is 0 Å². The molecule has 1 heterocycles. The average molecular weight is 318 g/mol. The number of carbonyl (C=O) groups is 1. The topological polar surface area (TPSA) is 41.5 Å². The highest BCUT2D eigenvalue weighted by Gasteiger charge is 2.19. The van der Waals surface area contributed by atoms with Crippen LogP contribution in [0.1, 0.15) is 11.1 Å². The first-order valence-corrected chi connectivity index (χ1v) is 7.50. The van der Waals surface area contributed by atoms with Gasteiger partial charge in [0, 0.05) is 16.0 Å². The molecule has 0 radical (unpaired) electrons. The van der Waals surface area contributed by atoms with Crippen LogP contribution >= 0.6 is 11.8 Å². The Morgan fingerprint density at radius 1 is 1.14 bits per heavy atom. The molecule has 112 valence electrons. The van der Waals surface area contributed by atoms with Crippen molar-refractivity contribution in [2.75, 3.05) is 11.9 Å². The summed E-state index contributed by atoms with van der Waals surface area (Å²) in [6.07, 6.45) is 0. The van der Waals surface area contributed by atoms with E-state index in [1.165, 1.54) is 0 Å². The summed E-state index contributed by atoms with van der Waals surface area (Å²) in [7, 11) is 0. The van der Waals surface area contributed by atoms with Crippen molar-refractivity contribution >= 4 is 29.1 Å². The zero-order valence-corrected chi connectivity index (χ0v) is 12.2. The SMILES string of the molecule is O=C1CN=C(c2ccccc2)c2cc(SC(F)F)ccc2N1. The van der Waals surface area contributed by atoms with Gasteiger partial charge < -0.3 is 5.32 Å². The van der Waals surface area contributed by atoms with E-state index in [1.54, 1.807) is 18.2 Å². The van der Waals surface area contributed by atoms with Gasteiger partial charge in [-0.25, -0.2) is 0 Å². The first-order chi connectivity index (χ1) is 10.6. The summed E-state index contributed by atoms with van der Waals surface area (Å²) in [6.45, 7) is 0.0101. The molecule has 0 aliphatic carbocycles. The molecule has 0 saturated heterocycles. The van der Waals surface area contributed by atoms with E-state index in [2.05, 4.69) is 10.3 Å². The molecule has 0 unspecified atom stereocenters. The average Bonchev–Trinajstić information content (AvgIpc) is 2.66. The van der Waals surface area contributed by atoms with Crippen LogP contribution in [0.25, 0.3) is 0 Å². The lowest BCUT2D eigenvalue weighted by Gasteiger charge is -2.12.